The predicted octanol–water partition coefficient (Wildman–Crippen LogP) is 3.32. The van der Waals surface area contributed by atoms with Gasteiger partial charge in [-0.15, -0.1) is 11.8 Å². The molecule has 0 saturated heterocycles. The second-order valence-electron chi connectivity index (χ2n) is 3.17. The van der Waals surface area contributed by atoms with Crippen LogP contribution in [0.25, 0.3) is 11.1 Å². The molecule has 0 spiro atoms. The smallest absolute Gasteiger partial charge is 0.214 e. The first-order valence-corrected chi connectivity index (χ1v) is 5.31. The molecule has 0 fully saturated rings. The van der Waals surface area contributed by atoms with E-state index in [2.05, 4.69) is 4.98 Å². The number of rotatable bonds is 2. The molecule has 1 aromatic carbocycles. The third-order valence-corrected chi connectivity index (χ3v) is 2.47. The Bertz CT molecular complexity index is 604. The first kappa shape index (κ1) is 7.68. The minimum absolute atomic E-state index is 0.0553. The van der Waals surface area contributed by atoms with E-state index in [1.54, 1.807) is 12.1 Å². The maximum absolute atomic E-state index is 13.4. The topological polar surface area (TPSA) is 33.1 Å². The molecule has 82 valence electrons. The number of nitrogens with zero attached hydrogens (tertiary/aromatic N) is 1. The Balaban J connectivity index is 2.42. The number of pyridine rings is 1. The monoisotopic (exact) mass is 238 g/mol. The molecule has 0 unspecified atom stereocenters. The number of hydrogen-bond acceptors (Lipinski definition) is 3. The van der Waals surface area contributed by atoms with Crippen LogP contribution in [0, 0.1) is 5.95 Å². The fourth-order valence-electron chi connectivity index (χ4n) is 1.38. The Morgan fingerprint density at radius 1 is 1.31 bits per heavy atom. The van der Waals surface area contributed by atoms with Crippen LogP contribution in [0.1, 0.15) is 4.11 Å². The normalized spacial score (nSPS) is 13.9. The number of phenolic OH excluding ortho intramolecular Hbond substituents is 1. The summed E-state index contributed by atoms with van der Waals surface area (Å²) in [5.74, 6) is -0.702. The van der Waals surface area contributed by atoms with Crippen LogP contribution in [0.5, 0.6) is 5.75 Å². The Morgan fingerprint density at radius 3 is 2.94 bits per heavy atom. The van der Waals surface area contributed by atoms with E-state index in [1.807, 2.05) is 0 Å². The van der Waals surface area contributed by atoms with Crippen molar-refractivity contribution in [3.8, 4) is 16.9 Å². The van der Waals surface area contributed by atoms with Gasteiger partial charge in [-0.2, -0.15) is 4.39 Å². The number of aromatic nitrogens is 1. The van der Waals surface area contributed by atoms with Gasteiger partial charge in [-0.3, -0.25) is 0 Å². The highest BCUT2D eigenvalue weighted by molar-refractivity contribution is 7.98. The standard InChI is InChI=1S/C12H10FNOS/c1-16-12-7-9(6-11(13)14-12)8-3-2-4-10(15)5-8/h2-7,15H,1H3/i1D3. The van der Waals surface area contributed by atoms with Gasteiger partial charge >= 0.3 is 0 Å². The van der Waals surface area contributed by atoms with Gasteiger partial charge in [0, 0.05) is 10.2 Å². The molecule has 0 bridgehead atoms. The molecule has 2 nitrogen and oxygen atoms in total. The number of hydrogen-bond donors (Lipinski definition) is 1. The highest BCUT2D eigenvalue weighted by atomic mass is 32.2. The highest BCUT2D eigenvalue weighted by Gasteiger charge is 2.04. The van der Waals surface area contributed by atoms with E-state index in [4.69, 9.17) is 4.11 Å². The molecule has 0 radical (unpaired) electrons. The molecule has 0 amide bonds. The molecule has 1 aromatic heterocycles. The molecule has 0 aliphatic rings. The van der Waals surface area contributed by atoms with Gasteiger partial charge in [0.05, 0.1) is 5.03 Å². The fraction of sp³-hybridized carbons (Fsp3) is 0.0833. The van der Waals surface area contributed by atoms with Crippen molar-refractivity contribution >= 4 is 11.8 Å². The molecule has 1 heterocycles. The van der Waals surface area contributed by atoms with E-state index in [0.717, 1.165) is 0 Å². The predicted molar refractivity (Wildman–Crippen MR) is 63.1 cm³/mol. The van der Waals surface area contributed by atoms with E-state index in [9.17, 15) is 9.50 Å². The summed E-state index contributed by atoms with van der Waals surface area (Å²) >= 11 is 0.514. The van der Waals surface area contributed by atoms with Gasteiger partial charge < -0.3 is 5.11 Å². The van der Waals surface area contributed by atoms with Gasteiger partial charge in [-0.25, -0.2) is 4.98 Å². The lowest BCUT2D eigenvalue weighted by Gasteiger charge is -2.04. The lowest BCUT2D eigenvalue weighted by atomic mass is 10.1. The van der Waals surface area contributed by atoms with E-state index < -0.39 is 12.1 Å². The van der Waals surface area contributed by atoms with Gasteiger partial charge in [0.1, 0.15) is 5.75 Å². The lowest BCUT2D eigenvalue weighted by Crippen LogP contribution is -1.88. The minimum atomic E-state index is -2.28. The summed E-state index contributed by atoms with van der Waals surface area (Å²) in [6.45, 7) is 0. The van der Waals surface area contributed by atoms with Crippen molar-refractivity contribution in [3.05, 3.63) is 42.3 Å². The summed E-state index contributed by atoms with van der Waals surface area (Å²) in [4.78, 5) is 3.54. The number of aromatic hydroxyl groups is 1. The van der Waals surface area contributed by atoms with Crippen LogP contribution in [0.4, 0.5) is 4.39 Å². The maximum Gasteiger partial charge on any atom is 0.214 e. The Labute approximate surface area is 101 Å². The molecule has 2 aromatic rings. The summed E-state index contributed by atoms with van der Waals surface area (Å²) in [6, 6.07) is 8.96. The molecule has 16 heavy (non-hydrogen) atoms. The molecule has 1 N–H and O–H groups in total. The maximum atomic E-state index is 13.4. The van der Waals surface area contributed by atoms with Crippen LogP contribution < -0.4 is 0 Å². The average Bonchev–Trinajstić information content (AvgIpc) is 2.25. The van der Waals surface area contributed by atoms with Crippen molar-refractivity contribution in [1.29, 1.82) is 0 Å². The summed E-state index contributed by atoms with van der Waals surface area (Å²) < 4.78 is 34.8. The SMILES string of the molecule is [2H]C([2H])([2H])Sc1cc(-c2cccc(O)c2)cc(F)n1. The van der Waals surface area contributed by atoms with Gasteiger partial charge in [-0.05, 0) is 35.5 Å². The van der Waals surface area contributed by atoms with E-state index in [0.29, 0.717) is 22.9 Å². The van der Waals surface area contributed by atoms with Crippen LogP contribution in [0.3, 0.4) is 0 Å². The van der Waals surface area contributed by atoms with Crippen molar-refractivity contribution in [2.24, 2.45) is 0 Å². The average molecular weight is 238 g/mol. The molecule has 0 atom stereocenters. The second-order valence-corrected chi connectivity index (χ2v) is 3.79. The third kappa shape index (κ3) is 2.33. The fourth-order valence-corrected chi connectivity index (χ4v) is 1.70. The molecule has 4 heteroatoms. The van der Waals surface area contributed by atoms with Gasteiger partial charge in [0.25, 0.3) is 0 Å². The summed E-state index contributed by atoms with van der Waals surface area (Å²) in [7, 11) is 0. The summed E-state index contributed by atoms with van der Waals surface area (Å²) in [5, 5.41) is 9.48. The number of phenols is 1. The molecule has 0 saturated carbocycles. The zero-order valence-corrected chi connectivity index (χ0v) is 8.96. The molecule has 2 rings (SSSR count). The van der Waals surface area contributed by atoms with E-state index >= 15 is 0 Å². The third-order valence-electron chi connectivity index (χ3n) is 2.05. The van der Waals surface area contributed by atoms with Crippen molar-refractivity contribution < 1.29 is 13.6 Å². The molecule has 0 aliphatic carbocycles. The largest absolute Gasteiger partial charge is 0.508 e. The van der Waals surface area contributed by atoms with Crippen LogP contribution in [0.15, 0.2) is 41.4 Å². The van der Waals surface area contributed by atoms with Crippen molar-refractivity contribution in [1.82, 2.24) is 4.98 Å². The first-order valence-electron chi connectivity index (χ1n) is 5.99. The number of thioether (sulfide) groups is 1. The number of halogens is 1. The first-order chi connectivity index (χ1) is 8.83. The Hall–Kier alpha value is -1.55. The summed E-state index contributed by atoms with van der Waals surface area (Å²) in [5.41, 5.74) is 1.06. The summed E-state index contributed by atoms with van der Waals surface area (Å²) in [6.07, 6.45) is -2.28. The van der Waals surface area contributed by atoms with Crippen molar-refractivity contribution in [2.45, 2.75) is 5.03 Å². The molecular weight excluding hydrogens is 225 g/mol. The van der Waals surface area contributed by atoms with Crippen molar-refractivity contribution in [3.63, 3.8) is 0 Å². The van der Waals surface area contributed by atoms with Crippen LogP contribution >= 0.6 is 11.8 Å². The molecular formula is C12H10FNOS. The second kappa shape index (κ2) is 4.53. The number of benzene rings is 1. The zero-order valence-electron chi connectivity index (χ0n) is 11.1. The van der Waals surface area contributed by atoms with Gasteiger partial charge in [-0.1, -0.05) is 12.1 Å². The highest BCUT2D eigenvalue weighted by Crippen LogP contribution is 2.26. The van der Waals surface area contributed by atoms with Gasteiger partial charge in [0.2, 0.25) is 5.95 Å². The zero-order chi connectivity index (χ0) is 14.0. The minimum Gasteiger partial charge on any atom is -0.508 e. The van der Waals surface area contributed by atoms with Crippen molar-refractivity contribution in [2.75, 3.05) is 6.18 Å². The van der Waals surface area contributed by atoms with E-state index in [-0.39, 0.29) is 10.8 Å². The quantitative estimate of drug-likeness (QED) is 0.643. The van der Waals surface area contributed by atoms with Crippen LogP contribution in [-0.4, -0.2) is 16.3 Å². The van der Waals surface area contributed by atoms with Gasteiger partial charge in [0.15, 0.2) is 0 Å². The Kier molecular flexibility index (Phi) is 2.17. The van der Waals surface area contributed by atoms with Crippen LogP contribution in [-0.2, 0) is 0 Å². The molecule has 0 aliphatic heterocycles. The lowest BCUT2D eigenvalue weighted by molar-refractivity contribution is 0.475. The van der Waals surface area contributed by atoms with Crippen LogP contribution in [0.2, 0.25) is 0 Å². The Morgan fingerprint density at radius 2 is 2.19 bits per heavy atom. The van der Waals surface area contributed by atoms with E-state index in [1.165, 1.54) is 24.3 Å².